The first-order chi connectivity index (χ1) is 14.5. The van der Waals surface area contributed by atoms with Crippen LogP contribution < -0.4 is 10.2 Å². The molecule has 0 radical (unpaired) electrons. The van der Waals surface area contributed by atoms with Crippen molar-refractivity contribution >= 4 is 17.3 Å². The van der Waals surface area contributed by atoms with E-state index in [4.69, 9.17) is 0 Å². The maximum atomic E-state index is 13.5. The second kappa shape index (κ2) is 8.35. The normalized spacial score (nSPS) is 16.9. The summed E-state index contributed by atoms with van der Waals surface area (Å²) in [6.07, 6.45) is 0.852. The maximum absolute atomic E-state index is 13.5. The van der Waals surface area contributed by atoms with Crippen molar-refractivity contribution in [1.82, 2.24) is 0 Å². The van der Waals surface area contributed by atoms with E-state index in [-0.39, 0.29) is 12.1 Å². The first-order valence-electron chi connectivity index (χ1n) is 10.9. The number of rotatable bonds is 5. The minimum Gasteiger partial charge on any atom is -0.360 e. The van der Waals surface area contributed by atoms with Crippen LogP contribution in [0, 0.1) is 0 Å². The van der Waals surface area contributed by atoms with Gasteiger partial charge in [0.05, 0.1) is 5.56 Å². The summed E-state index contributed by atoms with van der Waals surface area (Å²) in [5.74, 6) is 1.01. The maximum Gasteiger partial charge on any atom is 0.262 e. The highest BCUT2D eigenvalue weighted by Gasteiger charge is 2.34. The lowest BCUT2D eigenvalue weighted by Crippen LogP contribution is -2.43. The van der Waals surface area contributed by atoms with Crippen molar-refractivity contribution in [1.29, 1.82) is 0 Å². The number of carbonyl (C=O) groups excluding carboxylic acids is 1. The molecule has 3 nitrogen and oxygen atoms in total. The topological polar surface area (TPSA) is 32.3 Å². The summed E-state index contributed by atoms with van der Waals surface area (Å²) in [6.45, 7) is 8.82. The smallest absolute Gasteiger partial charge is 0.262 e. The zero-order valence-corrected chi connectivity index (χ0v) is 18.2. The molecule has 0 saturated heterocycles. The lowest BCUT2D eigenvalue weighted by Gasteiger charge is -2.38. The Balaban J connectivity index is 1.76. The molecule has 0 spiro atoms. The lowest BCUT2D eigenvalue weighted by atomic mass is 9.96. The van der Waals surface area contributed by atoms with Crippen molar-refractivity contribution in [3.05, 3.63) is 95.1 Å². The number of benzene rings is 3. The molecule has 1 N–H and O–H groups in total. The van der Waals surface area contributed by atoms with Crippen LogP contribution in [-0.4, -0.2) is 5.91 Å². The van der Waals surface area contributed by atoms with Crippen molar-refractivity contribution in [3.8, 4) is 0 Å². The van der Waals surface area contributed by atoms with Gasteiger partial charge in [-0.05, 0) is 59.2 Å². The number of fused-ring (bicyclic) bond motifs is 1. The molecule has 4 rings (SSSR count). The van der Waals surface area contributed by atoms with Crippen LogP contribution in [0.4, 0.5) is 11.4 Å². The SMILES string of the molecule is CC[C@@H](C)c1ccc(N2C(=O)c3ccccc3N[C@@H]2c2ccc(C(C)C)cc2)cc1. The Morgan fingerprint density at radius 3 is 2.13 bits per heavy atom. The Hall–Kier alpha value is -3.07. The van der Waals surface area contributed by atoms with Gasteiger partial charge in [-0.2, -0.15) is 0 Å². The Bertz CT molecular complexity index is 1020. The van der Waals surface area contributed by atoms with E-state index in [2.05, 4.69) is 81.5 Å². The van der Waals surface area contributed by atoms with Crippen molar-refractivity contribution in [3.63, 3.8) is 0 Å². The molecule has 1 heterocycles. The van der Waals surface area contributed by atoms with E-state index in [1.165, 1.54) is 11.1 Å². The standard InChI is InChI=1S/C27H30N2O/c1-5-19(4)21-14-16-23(17-15-21)29-26(22-12-10-20(11-13-22)18(2)3)28-25-9-7-6-8-24(25)27(29)30/h6-19,26,28H,5H2,1-4H3/t19-,26+/m1/s1. The minimum absolute atomic E-state index is 0.0265. The van der Waals surface area contributed by atoms with Crippen LogP contribution >= 0.6 is 0 Å². The number of hydrogen-bond donors (Lipinski definition) is 1. The molecule has 1 aliphatic heterocycles. The molecule has 1 aliphatic rings. The van der Waals surface area contributed by atoms with Crippen LogP contribution in [-0.2, 0) is 0 Å². The third kappa shape index (κ3) is 3.72. The highest BCUT2D eigenvalue weighted by atomic mass is 16.2. The number of carbonyl (C=O) groups is 1. The summed E-state index contributed by atoms with van der Waals surface area (Å²) < 4.78 is 0. The Kier molecular flexibility index (Phi) is 5.63. The number of para-hydroxylation sites is 1. The molecule has 154 valence electrons. The van der Waals surface area contributed by atoms with Crippen molar-refractivity contribution < 1.29 is 4.79 Å². The predicted octanol–water partition coefficient (Wildman–Crippen LogP) is 7.09. The summed E-state index contributed by atoms with van der Waals surface area (Å²) in [5, 5.41) is 3.59. The largest absolute Gasteiger partial charge is 0.360 e. The van der Waals surface area contributed by atoms with E-state index in [0.29, 0.717) is 17.4 Å². The molecule has 3 heteroatoms. The van der Waals surface area contributed by atoms with Gasteiger partial charge in [-0.25, -0.2) is 0 Å². The van der Waals surface area contributed by atoms with Gasteiger partial charge in [-0.15, -0.1) is 0 Å². The molecule has 0 unspecified atom stereocenters. The number of nitrogens with zero attached hydrogens (tertiary/aromatic N) is 1. The highest BCUT2D eigenvalue weighted by molar-refractivity contribution is 6.12. The average Bonchev–Trinajstić information content (AvgIpc) is 2.78. The summed E-state index contributed by atoms with van der Waals surface area (Å²) >= 11 is 0. The van der Waals surface area contributed by atoms with Gasteiger partial charge in [0.25, 0.3) is 5.91 Å². The van der Waals surface area contributed by atoms with E-state index in [0.717, 1.165) is 23.4 Å². The molecule has 1 amide bonds. The Morgan fingerprint density at radius 1 is 0.867 bits per heavy atom. The van der Waals surface area contributed by atoms with Gasteiger partial charge in [-0.3, -0.25) is 9.69 Å². The second-order valence-corrected chi connectivity index (χ2v) is 8.49. The molecule has 0 aliphatic carbocycles. The van der Waals surface area contributed by atoms with Gasteiger partial charge >= 0.3 is 0 Å². The number of nitrogens with one attached hydrogen (secondary N) is 1. The van der Waals surface area contributed by atoms with Gasteiger partial charge in [0, 0.05) is 11.4 Å². The molecule has 2 atom stereocenters. The van der Waals surface area contributed by atoms with E-state index >= 15 is 0 Å². The Morgan fingerprint density at radius 2 is 1.50 bits per heavy atom. The second-order valence-electron chi connectivity index (χ2n) is 8.49. The van der Waals surface area contributed by atoms with E-state index in [9.17, 15) is 4.79 Å². The highest BCUT2D eigenvalue weighted by Crippen LogP contribution is 2.37. The fraction of sp³-hybridized carbons (Fsp3) is 0.296. The number of anilines is 2. The third-order valence-electron chi connectivity index (χ3n) is 6.20. The first kappa shape index (κ1) is 20.2. The number of amides is 1. The van der Waals surface area contributed by atoms with Crippen molar-refractivity contribution in [2.45, 2.75) is 52.1 Å². The monoisotopic (exact) mass is 398 g/mol. The fourth-order valence-corrected chi connectivity index (χ4v) is 4.02. The summed E-state index contributed by atoms with van der Waals surface area (Å²) in [7, 11) is 0. The molecule has 0 fully saturated rings. The predicted molar refractivity (Wildman–Crippen MR) is 125 cm³/mol. The van der Waals surface area contributed by atoms with Crippen LogP contribution in [0.2, 0.25) is 0 Å². The third-order valence-corrected chi connectivity index (χ3v) is 6.20. The van der Waals surface area contributed by atoms with Crippen molar-refractivity contribution in [2.75, 3.05) is 10.2 Å². The average molecular weight is 399 g/mol. The van der Waals surface area contributed by atoms with E-state index in [1.54, 1.807) is 0 Å². The summed E-state index contributed by atoms with van der Waals surface area (Å²) in [5.41, 5.74) is 6.18. The zero-order valence-electron chi connectivity index (χ0n) is 18.2. The van der Waals surface area contributed by atoms with Crippen LogP contribution in [0.5, 0.6) is 0 Å². The molecule has 3 aromatic carbocycles. The molecule has 0 aromatic heterocycles. The Labute approximate surface area is 179 Å². The van der Waals surface area contributed by atoms with E-state index < -0.39 is 0 Å². The van der Waals surface area contributed by atoms with Crippen LogP contribution in [0.15, 0.2) is 72.8 Å². The molecule has 30 heavy (non-hydrogen) atoms. The van der Waals surface area contributed by atoms with Crippen LogP contribution in [0.1, 0.15) is 79.2 Å². The molecule has 3 aromatic rings. The lowest BCUT2D eigenvalue weighted by molar-refractivity contribution is 0.0975. The fourth-order valence-electron chi connectivity index (χ4n) is 4.02. The number of hydrogen-bond acceptors (Lipinski definition) is 2. The summed E-state index contributed by atoms with van der Waals surface area (Å²) in [4.78, 5) is 15.4. The van der Waals surface area contributed by atoms with Gasteiger partial charge < -0.3 is 5.32 Å². The first-order valence-corrected chi connectivity index (χ1v) is 10.9. The molecular formula is C27H30N2O. The zero-order chi connectivity index (χ0) is 21.3. The van der Waals surface area contributed by atoms with Gasteiger partial charge in [0.15, 0.2) is 0 Å². The van der Waals surface area contributed by atoms with E-state index in [1.807, 2.05) is 29.2 Å². The van der Waals surface area contributed by atoms with Crippen LogP contribution in [0.3, 0.4) is 0 Å². The van der Waals surface area contributed by atoms with Crippen molar-refractivity contribution in [2.24, 2.45) is 0 Å². The quantitative estimate of drug-likeness (QED) is 0.497. The summed E-state index contributed by atoms with van der Waals surface area (Å²) in [6, 6.07) is 24.8. The molecule has 0 saturated carbocycles. The van der Waals surface area contributed by atoms with Gasteiger partial charge in [-0.1, -0.05) is 76.2 Å². The minimum atomic E-state index is -0.247. The van der Waals surface area contributed by atoms with Gasteiger partial charge in [0.2, 0.25) is 0 Å². The van der Waals surface area contributed by atoms with Crippen LogP contribution in [0.25, 0.3) is 0 Å². The molecular weight excluding hydrogens is 368 g/mol. The van der Waals surface area contributed by atoms with Gasteiger partial charge in [0.1, 0.15) is 6.17 Å². The molecule has 0 bridgehead atoms.